The van der Waals surface area contributed by atoms with Crippen molar-refractivity contribution in [3.63, 3.8) is 0 Å². The summed E-state index contributed by atoms with van der Waals surface area (Å²) >= 11 is 0. The highest BCUT2D eigenvalue weighted by Gasteiger charge is 2.41. The van der Waals surface area contributed by atoms with Crippen LogP contribution in [-0.2, 0) is 4.84 Å². The van der Waals surface area contributed by atoms with Crippen LogP contribution in [0.1, 0.15) is 25.7 Å². The number of hydrogen-bond donors (Lipinski definition) is 1. The van der Waals surface area contributed by atoms with Crippen LogP contribution in [0, 0.1) is 5.92 Å². The van der Waals surface area contributed by atoms with Crippen LogP contribution >= 0.6 is 0 Å². The molecular weight excluding hydrogens is 252 g/mol. The van der Waals surface area contributed by atoms with Crippen LogP contribution < -0.4 is 5.48 Å². The van der Waals surface area contributed by atoms with Crippen molar-refractivity contribution >= 4 is 0 Å². The van der Waals surface area contributed by atoms with E-state index in [1.54, 1.807) is 0 Å². The monoisotopic (exact) mass is 265 g/mol. The number of alkyl halides is 6. The first-order valence-electron chi connectivity index (χ1n) is 5.19. The van der Waals surface area contributed by atoms with Crippen LogP contribution in [0.15, 0.2) is 0 Å². The van der Waals surface area contributed by atoms with Crippen molar-refractivity contribution in [3.8, 4) is 0 Å². The molecule has 1 fully saturated rings. The fourth-order valence-corrected chi connectivity index (χ4v) is 1.78. The van der Waals surface area contributed by atoms with Crippen LogP contribution in [0.4, 0.5) is 26.3 Å². The first kappa shape index (κ1) is 14.6. The average molecular weight is 265 g/mol. The summed E-state index contributed by atoms with van der Waals surface area (Å²) in [5.74, 6) is -1.34. The molecule has 102 valence electrons. The lowest BCUT2D eigenvalue weighted by Crippen LogP contribution is -2.38. The van der Waals surface area contributed by atoms with E-state index in [9.17, 15) is 26.3 Å². The Hall–Kier alpha value is -0.500. The van der Waals surface area contributed by atoms with Crippen LogP contribution in [-0.4, -0.2) is 25.0 Å². The highest BCUT2D eigenvalue weighted by Crippen LogP contribution is 2.37. The van der Waals surface area contributed by atoms with Gasteiger partial charge in [-0.15, -0.1) is 0 Å². The van der Waals surface area contributed by atoms with Crippen LogP contribution in [0.3, 0.4) is 0 Å². The summed E-state index contributed by atoms with van der Waals surface area (Å²) in [6, 6.07) is -0.434. The van der Waals surface area contributed by atoms with Gasteiger partial charge < -0.3 is 0 Å². The minimum absolute atomic E-state index is 0.0729. The van der Waals surface area contributed by atoms with Crippen molar-refractivity contribution in [1.82, 2.24) is 5.48 Å². The molecule has 0 atom stereocenters. The second kappa shape index (κ2) is 5.43. The first-order valence-corrected chi connectivity index (χ1v) is 5.19. The van der Waals surface area contributed by atoms with Gasteiger partial charge in [0, 0.05) is 6.04 Å². The molecule has 0 amide bonds. The van der Waals surface area contributed by atoms with Gasteiger partial charge in [-0.1, -0.05) is 0 Å². The summed E-state index contributed by atoms with van der Waals surface area (Å²) in [7, 11) is 0. The standard InChI is InChI=1S/C9H13F6NO/c10-8(11,12)5-17-16-7-3-1-6(2-4-7)9(13,14)15/h6-7,16H,1-5H2. The fourth-order valence-electron chi connectivity index (χ4n) is 1.78. The molecule has 0 aromatic rings. The molecule has 1 N–H and O–H groups in total. The topological polar surface area (TPSA) is 21.3 Å². The van der Waals surface area contributed by atoms with Gasteiger partial charge in [0.15, 0.2) is 6.61 Å². The third-order valence-electron chi connectivity index (χ3n) is 2.68. The van der Waals surface area contributed by atoms with Gasteiger partial charge in [-0.05, 0) is 25.7 Å². The van der Waals surface area contributed by atoms with E-state index in [4.69, 9.17) is 0 Å². The van der Waals surface area contributed by atoms with Gasteiger partial charge in [-0.3, -0.25) is 4.84 Å². The largest absolute Gasteiger partial charge is 0.413 e. The molecule has 1 saturated carbocycles. The maximum absolute atomic E-state index is 12.3. The van der Waals surface area contributed by atoms with Crippen molar-refractivity contribution < 1.29 is 31.2 Å². The van der Waals surface area contributed by atoms with E-state index in [0.717, 1.165) is 0 Å². The molecule has 0 aromatic carbocycles. The molecule has 2 nitrogen and oxygen atoms in total. The molecule has 0 aliphatic heterocycles. The van der Waals surface area contributed by atoms with E-state index in [1.165, 1.54) is 0 Å². The molecule has 1 aliphatic rings. The zero-order valence-corrected chi connectivity index (χ0v) is 8.87. The number of hydrogen-bond acceptors (Lipinski definition) is 2. The second-order valence-electron chi connectivity index (χ2n) is 4.11. The number of rotatable bonds is 3. The van der Waals surface area contributed by atoms with E-state index < -0.39 is 30.9 Å². The van der Waals surface area contributed by atoms with Crippen molar-refractivity contribution in [1.29, 1.82) is 0 Å². The van der Waals surface area contributed by atoms with Gasteiger partial charge in [0.05, 0.1) is 5.92 Å². The quantitative estimate of drug-likeness (QED) is 0.625. The Balaban J connectivity index is 2.20. The SMILES string of the molecule is FC(F)(F)CONC1CCC(C(F)(F)F)CC1. The van der Waals surface area contributed by atoms with Crippen molar-refractivity contribution in [2.75, 3.05) is 6.61 Å². The van der Waals surface area contributed by atoms with Crippen LogP contribution in [0.5, 0.6) is 0 Å². The van der Waals surface area contributed by atoms with E-state index in [0.29, 0.717) is 0 Å². The van der Waals surface area contributed by atoms with Gasteiger partial charge in [-0.2, -0.15) is 31.8 Å². The van der Waals surface area contributed by atoms with E-state index in [2.05, 4.69) is 10.3 Å². The molecule has 0 unspecified atom stereocenters. The predicted molar refractivity (Wildman–Crippen MR) is 46.9 cm³/mol. The minimum Gasteiger partial charge on any atom is -0.292 e. The smallest absolute Gasteiger partial charge is 0.292 e. The maximum Gasteiger partial charge on any atom is 0.413 e. The Morgan fingerprint density at radius 1 is 0.941 bits per heavy atom. The molecule has 17 heavy (non-hydrogen) atoms. The maximum atomic E-state index is 12.3. The van der Waals surface area contributed by atoms with Crippen molar-refractivity contribution in [3.05, 3.63) is 0 Å². The Morgan fingerprint density at radius 2 is 1.47 bits per heavy atom. The van der Waals surface area contributed by atoms with Gasteiger partial charge in [0.2, 0.25) is 0 Å². The number of halogens is 6. The van der Waals surface area contributed by atoms with E-state index in [1.807, 2.05) is 0 Å². The van der Waals surface area contributed by atoms with Crippen molar-refractivity contribution in [2.24, 2.45) is 5.92 Å². The molecule has 1 aliphatic carbocycles. The molecule has 0 bridgehead atoms. The summed E-state index contributed by atoms with van der Waals surface area (Å²) in [5.41, 5.74) is 2.16. The summed E-state index contributed by atoms with van der Waals surface area (Å²) in [6.45, 7) is -1.44. The molecule has 0 heterocycles. The zero-order valence-electron chi connectivity index (χ0n) is 8.87. The lowest BCUT2D eigenvalue weighted by Gasteiger charge is -2.30. The van der Waals surface area contributed by atoms with E-state index >= 15 is 0 Å². The second-order valence-corrected chi connectivity index (χ2v) is 4.11. The van der Waals surface area contributed by atoms with Gasteiger partial charge >= 0.3 is 12.4 Å². The van der Waals surface area contributed by atoms with Gasteiger partial charge in [0.1, 0.15) is 0 Å². The lowest BCUT2D eigenvalue weighted by atomic mass is 9.86. The minimum atomic E-state index is -4.43. The Morgan fingerprint density at radius 3 is 1.88 bits per heavy atom. The van der Waals surface area contributed by atoms with Gasteiger partial charge in [0.25, 0.3) is 0 Å². The van der Waals surface area contributed by atoms with Crippen LogP contribution in [0.25, 0.3) is 0 Å². The van der Waals surface area contributed by atoms with Gasteiger partial charge in [-0.25, -0.2) is 0 Å². The fraction of sp³-hybridized carbons (Fsp3) is 1.00. The predicted octanol–water partition coefficient (Wildman–Crippen LogP) is 3.19. The third-order valence-corrected chi connectivity index (χ3v) is 2.68. The zero-order chi connectivity index (χ0) is 13.1. The summed E-state index contributed by atoms with van der Waals surface area (Å²) < 4.78 is 72.0. The highest BCUT2D eigenvalue weighted by molar-refractivity contribution is 4.79. The molecule has 1 rings (SSSR count). The third kappa shape index (κ3) is 5.58. The number of nitrogens with one attached hydrogen (secondary N) is 1. The summed E-state index contributed by atoms with van der Waals surface area (Å²) in [6.07, 6.45) is -8.45. The molecular formula is C9H13F6NO. The first-order chi connectivity index (χ1) is 7.68. The number of hydroxylamine groups is 1. The Kier molecular flexibility index (Phi) is 4.65. The highest BCUT2D eigenvalue weighted by atomic mass is 19.4. The molecule has 8 heteroatoms. The average Bonchev–Trinajstić information content (AvgIpc) is 2.15. The summed E-state index contributed by atoms with van der Waals surface area (Å²) in [5, 5.41) is 0. The van der Waals surface area contributed by atoms with Crippen LogP contribution in [0.2, 0.25) is 0 Å². The molecule has 0 radical (unpaired) electrons. The van der Waals surface area contributed by atoms with Crippen molar-refractivity contribution in [2.45, 2.75) is 44.1 Å². The Bertz CT molecular complexity index is 228. The summed E-state index contributed by atoms with van der Waals surface area (Å²) in [4.78, 5) is 4.20. The lowest BCUT2D eigenvalue weighted by molar-refractivity contribution is -0.199. The normalized spacial score (nSPS) is 27.2. The van der Waals surface area contributed by atoms with E-state index in [-0.39, 0.29) is 25.7 Å². The molecule has 0 saturated heterocycles. The Labute approximate surface area is 94.3 Å². The molecule has 0 spiro atoms. The molecule has 0 aromatic heterocycles.